The van der Waals surface area contributed by atoms with Crippen molar-refractivity contribution in [3.63, 3.8) is 0 Å². The second kappa shape index (κ2) is 13.5. The molecular formula is C23H28Cl2N2O6S. The van der Waals surface area contributed by atoms with E-state index in [2.05, 4.69) is 9.71 Å². The molecule has 0 aliphatic heterocycles. The van der Waals surface area contributed by atoms with E-state index in [4.69, 9.17) is 37.4 Å². The molecule has 1 N–H and O–H groups in total. The summed E-state index contributed by atoms with van der Waals surface area (Å²) in [5.74, 6) is 0.0722. The summed E-state index contributed by atoms with van der Waals surface area (Å²) in [5, 5.41) is 0.544. The average molecular weight is 531 g/mol. The first-order valence-electron chi connectivity index (χ1n) is 10.6. The Bertz CT molecular complexity index is 1120. The zero-order valence-corrected chi connectivity index (χ0v) is 21.6. The first-order chi connectivity index (χ1) is 16.1. The topological polar surface area (TPSA) is 104 Å². The second-order valence-electron chi connectivity index (χ2n) is 7.37. The van der Waals surface area contributed by atoms with E-state index in [1.54, 1.807) is 25.3 Å². The Labute approximate surface area is 210 Å². The van der Waals surface area contributed by atoms with Crippen molar-refractivity contribution in [1.82, 2.24) is 9.71 Å². The smallest absolute Gasteiger partial charge is 0.260 e. The molecule has 0 unspecified atom stereocenters. The summed E-state index contributed by atoms with van der Waals surface area (Å²) in [6, 6.07) is 6.47. The Balaban J connectivity index is 2.30. The Morgan fingerprint density at radius 3 is 2.62 bits per heavy atom. The summed E-state index contributed by atoms with van der Waals surface area (Å²) in [6.45, 7) is 4.20. The third kappa shape index (κ3) is 9.13. The fourth-order valence-corrected chi connectivity index (χ4v) is 4.30. The number of methoxy groups -OCH3 is 1. The number of halogens is 2. The molecule has 0 atom stereocenters. The SMILES string of the molecule is CCCCCS(=O)(=O)NC(=O)/C(C)=C/c1ccc(OCCOC)cc1Oc1ncc(Cl)cc1Cl. The first kappa shape index (κ1) is 27.9. The number of unbranched alkanes of at least 4 members (excludes halogenated alkanes) is 2. The standard InChI is InChI=1S/C23H28Cl2N2O6S/c1-4-5-6-11-34(29,30)27-22(28)16(2)12-17-7-8-19(32-10-9-31-3)14-21(17)33-23-20(25)13-18(24)15-26-23/h7-8,12-15H,4-6,9-11H2,1-3H3,(H,27,28)/b16-12+. The summed E-state index contributed by atoms with van der Waals surface area (Å²) < 4.78 is 43.0. The maximum atomic E-state index is 12.5. The van der Waals surface area contributed by atoms with Gasteiger partial charge >= 0.3 is 0 Å². The van der Waals surface area contributed by atoms with Crippen molar-refractivity contribution in [2.45, 2.75) is 33.1 Å². The summed E-state index contributed by atoms with van der Waals surface area (Å²) in [5.41, 5.74) is 0.662. The largest absolute Gasteiger partial charge is 0.491 e. The fraction of sp³-hybridized carbons (Fsp3) is 0.391. The monoisotopic (exact) mass is 530 g/mol. The van der Waals surface area contributed by atoms with Gasteiger partial charge < -0.3 is 14.2 Å². The number of amides is 1. The summed E-state index contributed by atoms with van der Waals surface area (Å²) >= 11 is 12.1. The highest BCUT2D eigenvalue weighted by Crippen LogP contribution is 2.34. The zero-order valence-electron chi connectivity index (χ0n) is 19.3. The van der Waals surface area contributed by atoms with Crippen LogP contribution in [0.2, 0.25) is 10.0 Å². The first-order valence-corrected chi connectivity index (χ1v) is 13.0. The minimum absolute atomic E-state index is 0.107. The van der Waals surface area contributed by atoms with Gasteiger partial charge in [0.15, 0.2) is 0 Å². The molecule has 186 valence electrons. The molecule has 0 radical (unpaired) electrons. The van der Waals surface area contributed by atoms with Crippen LogP contribution in [0.1, 0.15) is 38.7 Å². The fourth-order valence-electron chi connectivity index (χ4n) is 2.75. The van der Waals surface area contributed by atoms with Gasteiger partial charge in [-0.25, -0.2) is 18.1 Å². The molecule has 0 saturated carbocycles. The molecule has 34 heavy (non-hydrogen) atoms. The van der Waals surface area contributed by atoms with Gasteiger partial charge in [-0.1, -0.05) is 43.0 Å². The molecule has 0 bridgehead atoms. The number of nitrogens with zero attached hydrogens (tertiary/aromatic N) is 1. The number of ether oxygens (including phenoxy) is 3. The van der Waals surface area contributed by atoms with E-state index in [0.717, 1.165) is 12.8 Å². The van der Waals surface area contributed by atoms with E-state index in [-0.39, 0.29) is 22.2 Å². The molecule has 0 saturated heterocycles. The van der Waals surface area contributed by atoms with E-state index >= 15 is 0 Å². The van der Waals surface area contributed by atoms with Crippen molar-refractivity contribution in [3.05, 3.63) is 51.6 Å². The Morgan fingerprint density at radius 1 is 1.18 bits per heavy atom. The van der Waals surface area contributed by atoms with Crippen molar-refractivity contribution in [2.24, 2.45) is 0 Å². The predicted octanol–water partition coefficient (Wildman–Crippen LogP) is 5.25. The Morgan fingerprint density at radius 2 is 1.94 bits per heavy atom. The molecular weight excluding hydrogens is 503 g/mol. The number of pyridine rings is 1. The molecule has 2 rings (SSSR count). The maximum absolute atomic E-state index is 12.5. The molecule has 1 heterocycles. The highest BCUT2D eigenvalue weighted by atomic mass is 35.5. The van der Waals surface area contributed by atoms with Crippen LogP contribution >= 0.6 is 23.2 Å². The number of carbonyl (C=O) groups is 1. The van der Waals surface area contributed by atoms with Crippen molar-refractivity contribution in [2.75, 3.05) is 26.1 Å². The van der Waals surface area contributed by atoms with Crippen LogP contribution in [0.25, 0.3) is 6.08 Å². The number of sulfonamides is 1. The van der Waals surface area contributed by atoms with Crippen LogP contribution in [-0.2, 0) is 19.6 Å². The lowest BCUT2D eigenvalue weighted by Crippen LogP contribution is -2.33. The Hall–Kier alpha value is -2.33. The third-order valence-corrected chi connectivity index (χ3v) is 6.32. The molecule has 8 nitrogen and oxygen atoms in total. The van der Waals surface area contributed by atoms with Crippen molar-refractivity contribution >= 4 is 45.2 Å². The van der Waals surface area contributed by atoms with Crippen LogP contribution in [-0.4, -0.2) is 45.4 Å². The summed E-state index contributed by atoms with van der Waals surface area (Å²) in [6.07, 6.45) is 5.03. The molecule has 11 heteroatoms. The van der Waals surface area contributed by atoms with E-state index in [1.165, 1.54) is 25.3 Å². The second-order valence-corrected chi connectivity index (χ2v) is 10.1. The van der Waals surface area contributed by atoms with Gasteiger partial charge in [-0.2, -0.15) is 0 Å². The quantitative estimate of drug-likeness (QED) is 0.278. The van der Waals surface area contributed by atoms with Gasteiger partial charge in [0.05, 0.1) is 17.4 Å². The molecule has 1 amide bonds. The summed E-state index contributed by atoms with van der Waals surface area (Å²) in [7, 11) is -2.15. The molecule has 1 aromatic carbocycles. The maximum Gasteiger partial charge on any atom is 0.260 e. The molecule has 0 spiro atoms. The molecule has 2 aromatic rings. The van der Waals surface area contributed by atoms with Crippen LogP contribution in [0.3, 0.4) is 0 Å². The van der Waals surface area contributed by atoms with E-state index in [9.17, 15) is 13.2 Å². The number of hydrogen-bond acceptors (Lipinski definition) is 7. The number of carbonyl (C=O) groups excluding carboxylic acids is 1. The van der Waals surface area contributed by atoms with Gasteiger partial charge in [-0.3, -0.25) is 4.79 Å². The van der Waals surface area contributed by atoms with Gasteiger partial charge in [0.25, 0.3) is 5.91 Å². The van der Waals surface area contributed by atoms with Gasteiger partial charge in [0.2, 0.25) is 15.9 Å². The minimum Gasteiger partial charge on any atom is -0.491 e. The van der Waals surface area contributed by atoms with Crippen molar-refractivity contribution in [3.8, 4) is 17.4 Å². The molecule has 0 aliphatic carbocycles. The number of benzene rings is 1. The molecule has 1 aromatic heterocycles. The van der Waals surface area contributed by atoms with Gasteiger partial charge in [-0.05, 0) is 37.6 Å². The molecule has 0 aliphatic rings. The van der Waals surface area contributed by atoms with Crippen molar-refractivity contribution in [1.29, 1.82) is 0 Å². The van der Waals surface area contributed by atoms with Crippen molar-refractivity contribution < 1.29 is 27.4 Å². The lowest BCUT2D eigenvalue weighted by molar-refractivity contribution is -0.115. The van der Waals surface area contributed by atoms with Crippen LogP contribution in [0.5, 0.6) is 17.4 Å². The highest BCUT2D eigenvalue weighted by Gasteiger charge is 2.17. The number of nitrogens with one attached hydrogen (secondary N) is 1. The third-order valence-electron chi connectivity index (χ3n) is 4.52. The molecule has 0 fully saturated rings. The lowest BCUT2D eigenvalue weighted by atomic mass is 10.1. The average Bonchev–Trinajstić information content (AvgIpc) is 2.77. The van der Waals surface area contributed by atoms with Crippen LogP contribution in [0.4, 0.5) is 0 Å². The van der Waals surface area contributed by atoms with E-state index < -0.39 is 15.9 Å². The van der Waals surface area contributed by atoms with Gasteiger partial charge in [0, 0.05) is 30.5 Å². The highest BCUT2D eigenvalue weighted by molar-refractivity contribution is 7.90. The summed E-state index contributed by atoms with van der Waals surface area (Å²) in [4.78, 5) is 16.6. The number of rotatable bonds is 13. The number of aromatic nitrogens is 1. The zero-order chi connectivity index (χ0) is 25.1. The van der Waals surface area contributed by atoms with E-state index in [1.807, 2.05) is 6.92 Å². The predicted molar refractivity (Wildman–Crippen MR) is 133 cm³/mol. The van der Waals surface area contributed by atoms with E-state index in [0.29, 0.717) is 41.7 Å². The Kier molecular flexibility index (Phi) is 11.1. The van der Waals surface area contributed by atoms with Gasteiger partial charge in [0.1, 0.15) is 23.1 Å². The van der Waals surface area contributed by atoms with Crippen LogP contribution in [0.15, 0.2) is 36.0 Å². The lowest BCUT2D eigenvalue weighted by Gasteiger charge is -2.13. The van der Waals surface area contributed by atoms with Crippen LogP contribution < -0.4 is 14.2 Å². The normalized spacial score (nSPS) is 11.9. The number of hydrogen-bond donors (Lipinski definition) is 1. The minimum atomic E-state index is -3.72. The van der Waals surface area contributed by atoms with Crippen LogP contribution in [0, 0.1) is 0 Å². The van der Waals surface area contributed by atoms with Gasteiger partial charge in [-0.15, -0.1) is 0 Å².